The van der Waals surface area contributed by atoms with Crippen molar-refractivity contribution in [2.75, 3.05) is 13.1 Å². The van der Waals surface area contributed by atoms with Crippen LogP contribution in [-0.2, 0) is 26.2 Å². The summed E-state index contributed by atoms with van der Waals surface area (Å²) in [5.41, 5.74) is 0.774. The molecule has 3 rings (SSSR count). The second-order valence-electron chi connectivity index (χ2n) is 6.26. The Bertz CT molecular complexity index is 738. The molecule has 1 saturated heterocycles. The number of amides is 1. The molecule has 8 heteroatoms. The monoisotopic (exact) mass is 352 g/mol. The minimum Gasteiger partial charge on any atom is -0.481 e. The fourth-order valence-corrected chi connectivity index (χ4v) is 4.45. The van der Waals surface area contributed by atoms with Gasteiger partial charge in [0.25, 0.3) is 0 Å². The summed E-state index contributed by atoms with van der Waals surface area (Å²) in [5.74, 6) is -2.22. The molecule has 2 N–H and O–H groups in total. The summed E-state index contributed by atoms with van der Waals surface area (Å²) in [6, 6.07) is 6.44. The lowest BCUT2D eigenvalue weighted by atomic mass is 10.2. The summed E-state index contributed by atoms with van der Waals surface area (Å²) < 4.78 is 26.3. The number of sulfonamides is 1. The number of hydrogen-bond acceptors (Lipinski definition) is 4. The number of carboxylic acid groups (broad SMARTS) is 1. The summed E-state index contributed by atoms with van der Waals surface area (Å²) in [4.78, 5) is 22.8. The van der Waals surface area contributed by atoms with Gasteiger partial charge in [0.15, 0.2) is 0 Å². The molecule has 0 bridgehead atoms. The Hall–Kier alpha value is -1.93. The van der Waals surface area contributed by atoms with Gasteiger partial charge in [0.2, 0.25) is 15.9 Å². The van der Waals surface area contributed by atoms with E-state index in [9.17, 15) is 18.0 Å². The predicted octanol–water partition coefficient (Wildman–Crippen LogP) is 0.808. The van der Waals surface area contributed by atoms with Crippen LogP contribution in [0.4, 0.5) is 0 Å². The van der Waals surface area contributed by atoms with E-state index in [4.69, 9.17) is 5.11 Å². The zero-order valence-corrected chi connectivity index (χ0v) is 14.0. The Kier molecular flexibility index (Phi) is 4.60. The minimum atomic E-state index is -3.43. The van der Waals surface area contributed by atoms with Crippen LogP contribution in [0.1, 0.15) is 24.8 Å². The smallest absolute Gasteiger partial charge is 0.307 e. The second kappa shape index (κ2) is 6.52. The van der Waals surface area contributed by atoms with Crippen molar-refractivity contribution in [3.05, 3.63) is 29.8 Å². The third-order valence-corrected chi connectivity index (χ3v) is 6.45. The van der Waals surface area contributed by atoms with Gasteiger partial charge in [0.1, 0.15) is 0 Å². The summed E-state index contributed by atoms with van der Waals surface area (Å²) in [6.45, 7) is 1.38. The number of carbonyl (C=O) groups excluding carboxylic acids is 1. The second-order valence-corrected chi connectivity index (χ2v) is 8.20. The first-order valence-electron chi connectivity index (χ1n) is 7.99. The van der Waals surface area contributed by atoms with Crippen LogP contribution in [-0.4, -0.2) is 42.8 Å². The fraction of sp³-hybridized carbons (Fsp3) is 0.500. The van der Waals surface area contributed by atoms with Crippen molar-refractivity contribution in [1.29, 1.82) is 0 Å². The maximum absolute atomic E-state index is 12.4. The highest BCUT2D eigenvalue weighted by Gasteiger charge is 2.48. The number of hydrogen-bond donors (Lipinski definition) is 2. The topological polar surface area (TPSA) is 104 Å². The van der Waals surface area contributed by atoms with Gasteiger partial charge in [-0.3, -0.25) is 9.59 Å². The summed E-state index contributed by atoms with van der Waals surface area (Å²) in [5, 5.41) is 11.5. The van der Waals surface area contributed by atoms with Crippen LogP contribution in [0.2, 0.25) is 0 Å². The Balaban J connectivity index is 1.57. The highest BCUT2D eigenvalue weighted by Crippen LogP contribution is 2.38. The van der Waals surface area contributed by atoms with Crippen LogP contribution in [0.3, 0.4) is 0 Å². The largest absolute Gasteiger partial charge is 0.481 e. The summed E-state index contributed by atoms with van der Waals surface area (Å²) in [7, 11) is -3.43. The quantitative estimate of drug-likeness (QED) is 0.788. The molecule has 24 heavy (non-hydrogen) atoms. The third kappa shape index (κ3) is 3.44. The molecule has 1 aliphatic carbocycles. The maximum atomic E-state index is 12.4. The van der Waals surface area contributed by atoms with Gasteiger partial charge in [-0.15, -0.1) is 0 Å². The number of benzene rings is 1. The number of nitrogens with one attached hydrogen (secondary N) is 1. The molecule has 1 heterocycles. The van der Waals surface area contributed by atoms with E-state index in [0.29, 0.717) is 19.5 Å². The Morgan fingerprint density at radius 1 is 1.12 bits per heavy atom. The zero-order valence-electron chi connectivity index (χ0n) is 13.1. The highest BCUT2D eigenvalue weighted by molar-refractivity contribution is 7.89. The first-order chi connectivity index (χ1) is 11.4. The zero-order chi connectivity index (χ0) is 17.3. The van der Waals surface area contributed by atoms with Gasteiger partial charge in [0, 0.05) is 19.6 Å². The summed E-state index contributed by atoms with van der Waals surface area (Å²) in [6.07, 6.45) is 2.16. The average Bonchev–Trinajstić information content (AvgIpc) is 3.18. The van der Waals surface area contributed by atoms with Crippen molar-refractivity contribution in [3.8, 4) is 0 Å². The van der Waals surface area contributed by atoms with Crippen LogP contribution in [0, 0.1) is 11.8 Å². The molecule has 0 aromatic heterocycles. The summed E-state index contributed by atoms with van der Waals surface area (Å²) >= 11 is 0. The molecule has 1 aromatic rings. The molecular weight excluding hydrogens is 332 g/mol. The number of nitrogens with zero attached hydrogens (tertiary/aromatic N) is 1. The lowest BCUT2D eigenvalue weighted by Crippen LogP contribution is -2.28. The molecule has 130 valence electrons. The number of carboxylic acids is 1. The molecule has 0 spiro atoms. The molecule has 0 radical (unpaired) electrons. The van der Waals surface area contributed by atoms with Crippen LogP contribution in [0.25, 0.3) is 0 Å². The minimum absolute atomic E-state index is 0.256. The standard InChI is InChI=1S/C16H20N2O5S/c19-15(13-9-14(13)16(20)21)17-10-11-3-5-12(6-4-11)24(22,23)18-7-1-2-8-18/h3-6,13-14H,1-2,7-10H2,(H,17,19)(H,20,21). The maximum Gasteiger partial charge on any atom is 0.307 e. The highest BCUT2D eigenvalue weighted by atomic mass is 32.2. The van der Waals surface area contributed by atoms with Gasteiger partial charge < -0.3 is 10.4 Å². The third-order valence-electron chi connectivity index (χ3n) is 4.54. The molecule has 1 amide bonds. The van der Waals surface area contributed by atoms with Crippen LogP contribution in [0.15, 0.2) is 29.2 Å². The first kappa shape index (κ1) is 16.9. The first-order valence-corrected chi connectivity index (χ1v) is 9.43. The lowest BCUT2D eigenvalue weighted by Gasteiger charge is -2.15. The van der Waals surface area contributed by atoms with Gasteiger partial charge in [-0.1, -0.05) is 12.1 Å². The van der Waals surface area contributed by atoms with Crippen LogP contribution < -0.4 is 5.32 Å². The molecular formula is C16H20N2O5S. The Morgan fingerprint density at radius 3 is 2.29 bits per heavy atom. The van der Waals surface area contributed by atoms with E-state index in [2.05, 4.69) is 5.32 Å². The fourth-order valence-electron chi connectivity index (χ4n) is 2.93. The van der Waals surface area contributed by atoms with Crippen molar-refractivity contribution >= 4 is 21.9 Å². The van der Waals surface area contributed by atoms with E-state index < -0.39 is 27.8 Å². The van der Waals surface area contributed by atoms with Crippen molar-refractivity contribution in [1.82, 2.24) is 9.62 Å². The molecule has 2 fully saturated rings. The van der Waals surface area contributed by atoms with Crippen LogP contribution >= 0.6 is 0 Å². The predicted molar refractivity (Wildman–Crippen MR) is 85.5 cm³/mol. The van der Waals surface area contributed by atoms with Gasteiger partial charge in [-0.2, -0.15) is 4.31 Å². The SMILES string of the molecule is O=C(O)C1CC1C(=O)NCc1ccc(S(=O)(=O)N2CCCC2)cc1. The number of aliphatic carboxylic acids is 1. The molecule has 7 nitrogen and oxygen atoms in total. The van der Waals surface area contributed by atoms with E-state index in [1.54, 1.807) is 24.3 Å². The Morgan fingerprint density at radius 2 is 1.75 bits per heavy atom. The molecule has 1 aromatic carbocycles. The van der Waals surface area contributed by atoms with Gasteiger partial charge in [-0.05, 0) is 37.0 Å². The molecule has 2 unspecified atom stereocenters. The van der Waals surface area contributed by atoms with Crippen molar-refractivity contribution in [2.45, 2.75) is 30.7 Å². The van der Waals surface area contributed by atoms with Crippen molar-refractivity contribution in [2.24, 2.45) is 11.8 Å². The molecule has 2 aliphatic rings. The Labute approximate surface area is 140 Å². The van der Waals surface area contributed by atoms with Gasteiger partial charge in [-0.25, -0.2) is 8.42 Å². The van der Waals surface area contributed by atoms with Gasteiger partial charge in [0.05, 0.1) is 16.7 Å². The number of rotatable bonds is 6. The molecule has 1 saturated carbocycles. The average molecular weight is 352 g/mol. The molecule has 1 aliphatic heterocycles. The van der Waals surface area contributed by atoms with Gasteiger partial charge >= 0.3 is 5.97 Å². The van der Waals surface area contributed by atoms with Crippen molar-refractivity contribution in [3.63, 3.8) is 0 Å². The lowest BCUT2D eigenvalue weighted by molar-refractivity contribution is -0.140. The van der Waals surface area contributed by atoms with E-state index in [1.165, 1.54) is 4.31 Å². The van der Waals surface area contributed by atoms with E-state index >= 15 is 0 Å². The van der Waals surface area contributed by atoms with E-state index in [1.807, 2.05) is 0 Å². The molecule has 2 atom stereocenters. The van der Waals surface area contributed by atoms with E-state index in [0.717, 1.165) is 18.4 Å². The van der Waals surface area contributed by atoms with E-state index in [-0.39, 0.29) is 17.3 Å². The normalized spacial score (nSPS) is 23.8. The van der Waals surface area contributed by atoms with Crippen molar-refractivity contribution < 1.29 is 23.1 Å². The number of carbonyl (C=O) groups is 2. The van der Waals surface area contributed by atoms with Crippen LogP contribution in [0.5, 0.6) is 0 Å².